The van der Waals surface area contributed by atoms with Gasteiger partial charge in [0.05, 0.1) is 5.69 Å². The van der Waals surface area contributed by atoms with Gasteiger partial charge in [-0.15, -0.1) is 0 Å². The number of anilines is 1. The molecule has 28 heavy (non-hydrogen) atoms. The summed E-state index contributed by atoms with van der Waals surface area (Å²) in [5.74, 6) is 1.36. The number of ether oxygens (including phenoxy) is 1. The SMILES string of the molecule is CC(C)CC(=O)Nc1cccc(OCc2cc(=O)n3nc(C4CC4)sc3n2)c1. The van der Waals surface area contributed by atoms with E-state index in [9.17, 15) is 9.59 Å². The van der Waals surface area contributed by atoms with E-state index in [1.54, 1.807) is 12.1 Å². The highest BCUT2D eigenvalue weighted by Crippen LogP contribution is 2.41. The minimum absolute atomic E-state index is 0.0241. The fraction of sp³-hybridized carbons (Fsp3) is 0.400. The molecule has 0 saturated heterocycles. The molecule has 7 nitrogen and oxygen atoms in total. The van der Waals surface area contributed by atoms with Gasteiger partial charge in [0.2, 0.25) is 10.9 Å². The molecule has 1 amide bonds. The molecule has 1 aromatic carbocycles. The van der Waals surface area contributed by atoms with Gasteiger partial charge < -0.3 is 10.1 Å². The minimum atomic E-state index is -0.193. The summed E-state index contributed by atoms with van der Waals surface area (Å²) in [7, 11) is 0. The third-order valence-electron chi connectivity index (χ3n) is 4.34. The van der Waals surface area contributed by atoms with Gasteiger partial charge in [0, 0.05) is 30.2 Å². The lowest BCUT2D eigenvalue weighted by Crippen LogP contribution is -2.16. The van der Waals surface area contributed by atoms with Gasteiger partial charge in [0.25, 0.3) is 5.56 Å². The van der Waals surface area contributed by atoms with E-state index in [1.807, 2.05) is 26.0 Å². The summed E-state index contributed by atoms with van der Waals surface area (Å²) in [4.78, 5) is 29.3. The molecule has 1 fully saturated rings. The summed E-state index contributed by atoms with van der Waals surface area (Å²) in [5, 5.41) is 8.22. The van der Waals surface area contributed by atoms with Gasteiger partial charge in [0.1, 0.15) is 17.4 Å². The number of benzene rings is 1. The second kappa shape index (κ2) is 7.71. The second-order valence-electron chi connectivity index (χ2n) is 7.46. The molecule has 0 radical (unpaired) electrons. The summed E-state index contributed by atoms with van der Waals surface area (Å²) < 4.78 is 7.16. The molecule has 4 rings (SSSR count). The maximum absolute atomic E-state index is 12.3. The molecule has 0 bridgehead atoms. The number of rotatable bonds is 7. The third-order valence-corrected chi connectivity index (χ3v) is 5.41. The van der Waals surface area contributed by atoms with E-state index in [1.165, 1.54) is 21.9 Å². The maximum Gasteiger partial charge on any atom is 0.275 e. The van der Waals surface area contributed by atoms with Crippen LogP contribution >= 0.6 is 11.3 Å². The monoisotopic (exact) mass is 398 g/mol. The van der Waals surface area contributed by atoms with E-state index in [0.29, 0.717) is 40.3 Å². The zero-order valence-corrected chi connectivity index (χ0v) is 16.7. The summed E-state index contributed by atoms with van der Waals surface area (Å²) in [6.45, 7) is 4.18. The van der Waals surface area contributed by atoms with Crippen molar-refractivity contribution >= 4 is 27.9 Å². The molecule has 0 aliphatic heterocycles. The van der Waals surface area contributed by atoms with Gasteiger partial charge in [-0.3, -0.25) is 9.59 Å². The average molecular weight is 398 g/mol. The van der Waals surface area contributed by atoms with Gasteiger partial charge in [0.15, 0.2) is 0 Å². The molecule has 146 valence electrons. The molecule has 1 aliphatic carbocycles. The number of amides is 1. The molecular formula is C20H22N4O3S. The molecule has 0 unspecified atom stereocenters. The first-order valence-corrected chi connectivity index (χ1v) is 10.2. The fourth-order valence-electron chi connectivity index (χ4n) is 2.84. The molecule has 2 aromatic heterocycles. The Morgan fingerprint density at radius 2 is 2.18 bits per heavy atom. The van der Waals surface area contributed by atoms with Crippen LogP contribution < -0.4 is 15.6 Å². The zero-order valence-electron chi connectivity index (χ0n) is 15.8. The lowest BCUT2D eigenvalue weighted by molar-refractivity contribution is -0.116. The molecule has 0 spiro atoms. The molecule has 0 atom stereocenters. The van der Waals surface area contributed by atoms with E-state index in [4.69, 9.17) is 4.74 Å². The highest BCUT2D eigenvalue weighted by molar-refractivity contribution is 7.16. The summed E-state index contributed by atoms with van der Waals surface area (Å²) in [6, 6.07) is 8.66. The summed E-state index contributed by atoms with van der Waals surface area (Å²) in [6.07, 6.45) is 2.74. The van der Waals surface area contributed by atoms with Crippen molar-refractivity contribution in [2.24, 2.45) is 5.92 Å². The molecule has 1 N–H and O–H groups in total. The number of nitrogens with one attached hydrogen (secondary N) is 1. The Kier molecular flexibility index (Phi) is 5.13. The van der Waals surface area contributed by atoms with E-state index >= 15 is 0 Å². The smallest absolute Gasteiger partial charge is 0.275 e. The standard InChI is InChI=1S/C20H22N4O3S/c1-12(2)8-17(25)21-14-4-3-5-16(9-14)27-11-15-10-18(26)24-20(22-15)28-19(23-24)13-6-7-13/h3-5,9-10,12-13H,6-8,11H2,1-2H3,(H,21,25). The molecular weight excluding hydrogens is 376 g/mol. The Balaban J connectivity index is 1.44. The van der Waals surface area contributed by atoms with Gasteiger partial charge in [-0.05, 0) is 30.9 Å². The second-order valence-corrected chi connectivity index (χ2v) is 8.44. The van der Waals surface area contributed by atoms with Crippen molar-refractivity contribution < 1.29 is 9.53 Å². The Hall–Kier alpha value is -2.74. The van der Waals surface area contributed by atoms with Crippen LogP contribution in [0.3, 0.4) is 0 Å². The first-order valence-electron chi connectivity index (χ1n) is 9.40. The lowest BCUT2D eigenvalue weighted by Gasteiger charge is -2.10. The van der Waals surface area contributed by atoms with Crippen LogP contribution in [0.5, 0.6) is 5.75 Å². The Morgan fingerprint density at radius 1 is 1.36 bits per heavy atom. The molecule has 1 aliphatic rings. The van der Waals surface area contributed by atoms with Crippen LogP contribution in [0.1, 0.15) is 49.7 Å². The first kappa shape index (κ1) is 18.6. The number of carbonyl (C=O) groups is 1. The molecule has 3 aromatic rings. The summed E-state index contributed by atoms with van der Waals surface area (Å²) in [5.41, 5.74) is 1.05. The number of hydrogen-bond acceptors (Lipinski definition) is 6. The summed E-state index contributed by atoms with van der Waals surface area (Å²) >= 11 is 1.47. The normalized spacial score (nSPS) is 13.8. The quantitative estimate of drug-likeness (QED) is 0.657. The Morgan fingerprint density at radius 3 is 2.93 bits per heavy atom. The number of fused-ring (bicyclic) bond motifs is 1. The van der Waals surface area contributed by atoms with Crippen molar-refractivity contribution in [3.8, 4) is 5.75 Å². The van der Waals surface area contributed by atoms with Gasteiger partial charge in [-0.1, -0.05) is 31.3 Å². The van der Waals surface area contributed by atoms with Crippen LogP contribution in [-0.2, 0) is 11.4 Å². The lowest BCUT2D eigenvalue weighted by atomic mass is 10.1. The van der Waals surface area contributed by atoms with Crippen molar-refractivity contribution in [3.05, 3.63) is 51.4 Å². The number of hydrogen-bond donors (Lipinski definition) is 1. The van der Waals surface area contributed by atoms with E-state index in [2.05, 4.69) is 15.4 Å². The fourth-order valence-corrected chi connectivity index (χ4v) is 3.94. The Bertz CT molecular complexity index is 1070. The third kappa shape index (κ3) is 4.39. The van der Waals surface area contributed by atoms with Crippen LogP contribution in [0.2, 0.25) is 0 Å². The van der Waals surface area contributed by atoms with Crippen LogP contribution in [0.15, 0.2) is 35.1 Å². The van der Waals surface area contributed by atoms with Crippen molar-refractivity contribution in [1.82, 2.24) is 14.6 Å². The highest BCUT2D eigenvalue weighted by Gasteiger charge is 2.28. The molecule has 8 heteroatoms. The first-order chi connectivity index (χ1) is 13.5. The highest BCUT2D eigenvalue weighted by atomic mass is 32.1. The number of aromatic nitrogens is 3. The van der Waals surface area contributed by atoms with Crippen molar-refractivity contribution in [1.29, 1.82) is 0 Å². The topological polar surface area (TPSA) is 85.6 Å². The maximum atomic E-state index is 12.3. The van der Waals surface area contributed by atoms with Gasteiger partial charge in [-0.2, -0.15) is 9.61 Å². The van der Waals surface area contributed by atoms with Crippen LogP contribution in [0.4, 0.5) is 5.69 Å². The Labute approximate surface area is 166 Å². The number of nitrogens with zero attached hydrogens (tertiary/aromatic N) is 3. The van der Waals surface area contributed by atoms with E-state index in [-0.39, 0.29) is 18.1 Å². The van der Waals surface area contributed by atoms with E-state index in [0.717, 1.165) is 17.8 Å². The van der Waals surface area contributed by atoms with Crippen molar-refractivity contribution in [2.75, 3.05) is 5.32 Å². The molecule has 2 heterocycles. The van der Waals surface area contributed by atoms with Crippen LogP contribution in [0, 0.1) is 5.92 Å². The van der Waals surface area contributed by atoms with Gasteiger partial charge >= 0.3 is 0 Å². The average Bonchev–Trinajstić information content (AvgIpc) is 3.39. The van der Waals surface area contributed by atoms with E-state index < -0.39 is 0 Å². The largest absolute Gasteiger partial charge is 0.487 e. The van der Waals surface area contributed by atoms with Crippen molar-refractivity contribution in [3.63, 3.8) is 0 Å². The van der Waals surface area contributed by atoms with Crippen LogP contribution in [0.25, 0.3) is 4.96 Å². The van der Waals surface area contributed by atoms with Crippen molar-refractivity contribution in [2.45, 2.75) is 45.6 Å². The zero-order chi connectivity index (χ0) is 19.7. The predicted molar refractivity (Wildman–Crippen MR) is 108 cm³/mol. The number of carbonyl (C=O) groups excluding carboxylic acids is 1. The predicted octanol–water partition coefficient (Wildman–Crippen LogP) is 3.59. The molecule has 1 saturated carbocycles. The minimum Gasteiger partial charge on any atom is -0.487 e. The van der Waals surface area contributed by atoms with Gasteiger partial charge in [-0.25, -0.2) is 4.98 Å². The van der Waals surface area contributed by atoms with Crippen LogP contribution in [-0.4, -0.2) is 20.5 Å².